The molecule has 9 atom stereocenters. The van der Waals surface area contributed by atoms with E-state index >= 15 is 0 Å². The maximum atomic E-state index is 13.6. The van der Waals surface area contributed by atoms with Gasteiger partial charge in [0.2, 0.25) is 0 Å². The van der Waals surface area contributed by atoms with Crippen LogP contribution in [-0.2, 0) is 9.53 Å². The van der Waals surface area contributed by atoms with Crippen LogP contribution in [0.5, 0.6) is 0 Å². The molecule has 0 aromatic heterocycles. The van der Waals surface area contributed by atoms with Crippen LogP contribution in [0, 0.1) is 51.8 Å². The molecule has 0 heterocycles. The van der Waals surface area contributed by atoms with Crippen molar-refractivity contribution in [3.05, 3.63) is 47.5 Å². The molecular weight excluding hydrogens is 492 g/mol. The Morgan fingerprint density at radius 1 is 1.00 bits per heavy atom. The Hall–Kier alpha value is -1.90. The summed E-state index contributed by atoms with van der Waals surface area (Å²) in [6, 6.07) is 9.32. The lowest BCUT2D eigenvalue weighted by Gasteiger charge is -2.61. The standard InChI is InChI=1S/C37H54O3/c1-24-14-19-35(6)29-17-21-36(7)28(16-20-37(36,8)30(29)23-32(38)31(35)22-24)26(3)25(2)15-18-34(4,5)40-33(39)27-12-10-9-11-13-27/h9-13,23-26,28-29,31H,14-22H2,1-8H3/t24-,25+,26+,28+,29?,31+,35+,36+,37-/m0/s1. The van der Waals surface area contributed by atoms with Crippen LogP contribution < -0.4 is 0 Å². The fraction of sp³-hybridized carbons (Fsp3) is 0.730. The first kappa shape index (κ1) is 29.6. The lowest BCUT2D eigenvalue weighted by molar-refractivity contribution is -0.131. The summed E-state index contributed by atoms with van der Waals surface area (Å²) in [6.45, 7) is 18.9. The van der Waals surface area contributed by atoms with Crippen LogP contribution in [0.3, 0.4) is 0 Å². The van der Waals surface area contributed by atoms with Gasteiger partial charge in [0.1, 0.15) is 5.60 Å². The van der Waals surface area contributed by atoms with Crippen LogP contribution >= 0.6 is 0 Å². The summed E-state index contributed by atoms with van der Waals surface area (Å²) >= 11 is 0. The van der Waals surface area contributed by atoms with Crippen molar-refractivity contribution in [2.75, 3.05) is 0 Å². The molecular formula is C37H54O3. The number of carbonyl (C=O) groups is 2. The molecule has 0 radical (unpaired) electrons. The minimum Gasteiger partial charge on any atom is -0.456 e. The molecule has 220 valence electrons. The van der Waals surface area contributed by atoms with Gasteiger partial charge in [-0.1, -0.05) is 71.7 Å². The second-order valence-electron chi connectivity index (χ2n) is 15.8. The number of ether oxygens (including phenoxy) is 1. The van der Waals surface area contributed by atoms with Gasteiger partial charge in [-0.3, -0.25) is 4.79 Å². The first-order valence-electron chi connectivity index (χ1n) is 16.3. The highest BCUT2D eigenvalue weighted by Crippen LogP contribution is 2.72. The number of esters is 1. The van der Waals surface area contributed by atoms with Crippen molar-refractivity contribution in [3.63, 3.8) is 0 Å². The number of rotatable bonds is 7. The molecule has 3 heteroatoms. The molecule has 4 aliphatic rings. The second-order valence-corrected chi connectivity index (χ2v) is 15.8. The predicted octanol–water partition coefficient (Wildman–Crippen LogP) is 9.46. The zero-order valence-electron chi connectivity index (χ0n) is 26.5. The van der Waals surface area contributed by atoms with Crippen LogP contribution in [-0.4, -0.2) is 17.4 Å². The van der Waals surface area contributed by atoms with E-state index in [9.17, 15) is 9.59 Å². The summed E-state index contributed by atoms with van der Waals surface area (Å²) < 4.78 is 5.95. The number of hydrogen-bond donors (Lipinski definition) is 0. The van der Waals surface area contributed by atoms with Gasteiger partial charge in [-0.25, -0.2) is 4.79 Å². The summed E-state index contributed by atoms with van der Waals surface area (Å²) in [7, 11) is 0. The largest absolute Gasteiger partial charge is 0.456 e. The molecule has 1 aromatic carbocycles. The van der Waals surface area contributed by atoms with Crippen molar-refractivity contribution in [2.24, 2.45) is 51.8 Å². The van der Waals surface area contributed by atoms with Gasteiger partial charge in [-0.2, -0.15) is 0 Å². The van der Waals surface area contributed by atoms with Crippen LogP contribution in [0.15, 0.2) is 42.0 Å². The number of fused-ring (bicyclic) bond motifs is 5. The summed E-state index contributed by atoms with van der Waals surface area (Å²) in [4.78, 5) is 26.3. The number of hydrogen-bond acceptors (Lipinski definition) is 3. The van der Waals surface area contributed by atoms with E-state index in [4.69, 9.17) is 4.74 Å². The molecule has 0 bridgehead atoms. The highest BCUT2D eigenvalue weighted by atomic mass is 16.6. The zero-order chi connectivity index (χ0) is 29.1. The monoisotopic (exact) mass is 546 g/mol. The van der Waals surface area contributed by atoms with Crippen molar-refractivity contribution in [3.8, 4) is 0 Å². The molecule has 0 amide bonds. The number of ketones is 1. The van der Waals surface area contributed by atoms with Crippen LogP contribution in [0.25, 0.3) is 0 Å². The van der Waals surface area contributed by atoms with E-state index < -0.39 is 5.60 Å². The van der Waals surface area contributed by atoms with Crippen LogP contribution in [0.4, 0.5) is 0 Å². The fourth-order valence-electron chi connectivity index (χ4n) is 9.97. The summed E-state index contributed by atoms with van der Waals surface area (Å²) in [5.41, 5.74) is 2.14. The van der Waals surface area contributed by atoms with Crippen molar-refractivity contribution in [1.29, 1.82) is 0 Å². The third-order valence-corrected chi connectivity index (χ3v) is 13.2. The molecule has 5 rings (SSSR count). The first-order chi connectivity index (χ1) is 18.7. The lowest BCUT2D eigenvalue weighted by Crippen LogP contribution is -2.55. The number of benzene rings is 1. The molecule has 3 fully saturated rings. The average molecular weight is 547 g/mol. The van der Waals surface area contributed by atoms with E-state index in [1.807, 2.05) is 44.2 Å². The van der Waals surface area contributed by atoms with E-state index in [0.29, 0.717) is 40.9 Å². The maximum Gasteiger partial charge on any atom is 0.338 e. The molecule has 0 spiro atoms. The van der Waals surface area contributed by atoms with Crippen molar-refractivity contribution in [2.45, 2.75) is 119 Å². The minimum absolute atomic E-state index is 0.117. The molecule has 3 saturated carbocycles. The van der Waals surface area contributed by atoms with Crippen LogP contribution in [0.1, 0.15) is 124 Å². The quantitative estimate of drug-likeness (QED) is 0.320. The second kappa shape index (κ2) is 10.4. The average Bonchev–Trinajstić information content (AvgIpc) is 3.19. The third-order valence-electron chi connectivity index (χ3n) is 13.2. The van der Waals surface area contributed by atoms with Crippen molar-refractivity contribution < 1.29 is 14.3 Å². The molecule has 40 heavy (non-hydrogen) atoms. The van der Waals surface area contributed by atoms with Crippen molar-refractivity contribution >= 4 is 11.8 Å². The Bertz CT molecular complexity index is 1150. The molecule has 1 unspecified atom stereocenters. The zero-order valence-corrected chi connectivity index (χ0v) is 26.5. The molecule has 0 aliphatic heterocycles. The molecule has 1 aromatic rings. The molecule has 3 nitrogen and oxygen atoms in total. The van der Waals surface area contributed by atoms with Gasteiger partial charge >= 0.3 is 5.97 Å². The van der Waals surface area contributed by atoms with Crippen LogP contribution in [0.2, 0.25) is 0 Å². The Balaban J connectivity index is 1.28. The Labute approximate surface area is 243 Å². The molecule has 0 N–H and O–H groups in total. The van der Waals surface area contributed by atoms with Crippen molar-refractivity contribution in [1.82, 2.24) is 0 Å². The van der Waals surface area contributed by atoms with Gasteiger partial charge in [-0.15, -0.1) is 0 Å². The van der Waals surface area contributed by atoms with Gasteiger partial charge in [0.15, 0.2) is 5.78 Å². The molecule has 4 aliphatic carbocycles. The first-order valence-corrected chi connectivity index (χ1v) is 16.3. The smallest absolute Gasteiger partial charge is 0.338 e. The van der Waals surface area contributed by atoms with Gasteiger partial charge < -0.3 is 4.74 Å². The van der Waals surface area contributed by atoms with Gasteiger partial charge in [0.05, 0.1) is 5.56 Å². The Morgan fingerprint density at radius 3 is 2.40 bits per heavy atom. The normalized spacial score (nSPS) is 38.9. The van der Waals surface area contributed by atoms with Gasteiger partial charge in [0.25, 0.3) is 0 Å². The Morgan fingerprint density at radius 2 is 1.70 bits per heavy atom. The highest BCUT2D eigenvalue weighted by Gasteiger charge is 2.64. The minimum atomic E-state index is -0.496. The predicted molar refractivity (Wildman–Crippen MR) is 163 cm³/mol. The lowest BCUT2D eigenvalue weighted by atomic mass is 9.43. The summed E-state index contributed by atoms with van der Waals surface area (Å²) in [5, 5.41) is 0. The van der Waals surface area contributed by atoms with E-state index in [1.165, 1.54) is 44.1 Å². The van der Waals surface area contributed by atoms with E-state index in [0.717, 1.165) is 19.3 Å². The van der Waals surface area contributed by atoms with E-state index in [-0.39, 0.29) is 28.1 Å². The highest BCUT2D eigenvalue weighted by molar-refractivity contribution is 5.94. The Kier molecular flexibility index (Phi) is 7.71. The van der Waals surface area contributed by atoms with Gasteiger partial charge in [0, 0.05) is 5.92 Å². The van der Waals surface area contributed by atoms with E-state index in [2.05, 4.69) is 47.6 Å². The summed E-state index contributed by atoms with van der Waals surface area (Å²) in [6.07, 6.45) is 12.6. The SMILES string of the molecule is C[C@H]1CC[C@]2(C)C3CC[C@]4(C)[C@@H]([C@H](C)[C@H](C)CCC(C)(C)OC(=O)c5ccccc5)CC[C@@]4(C)C3=CC(=O)[C@H]2C1. The topological polar surface area (TPSA) is 43.4 Å². The maximum absolute atomic E-state index is 13.6. The summed E-state index contributed by atoms with van der Waals surface area (Å²) in [5.74, 6) is 3.45. The molecule has 0 saturated heterocycles. The number of allylic oxidation sites excluding steroid dienone is 2. The van der Waals surface area contributed by atoms with E-state index in [1.54, 1.807) is 0 Å². The fourth-order valence-corrected chi connectivity index (χ4v) is 9.97. The number of carbonyl (C=O) groups excluding carboxylic acids is 2. The van der Waals surface area contributed by atoms with Gasteiger partial charge in [-0.05, 0) is 129 Å². The third kappa shape index (κ3) is 4.82.